The average Bonchev–Trinajstić information content (AvgIpc) is 1.81. The fraction of sp³-hybridized carbons (Fsp3) is 0.889. The second-order valence-electron chi connectivity index (χ2n) is 4.35. The van der Waals surface area contributed by atoms with Gasteiger partial charge >= 0.3 is 5.97 Å². The number of rotatable bonds is 3. The number of carbonyl (C=O) groups excluding carboxylic acids is 1. The van der Waals surface area contributed by atoms with Crippen LogP contribution in [0.15, 0.2) is 0 Å². The zero-order valence-electron chi connectivity index (χ0n) is 8.83. The topological polar surface area (TPSA) is 78.3 Å². The predicted molar refractivity (Wildman–Crippen MR) is 52.1 cm³/mol. The van der Waals surface area contributed by atoms with Gasteiger partial charge in [0, 0.05) is 6.04 Å². The minimum atomic E-state index is -0.612. The first-order valence-electron chi connectivity index (χ1n) is 4.46. The van der Waals surface area contributed by atoms with Crippen LogP contribution in [0.3, 0.4) is 0 Å². The standard InChI is InChI=1S/C9H20N2O2/c1-6(10)5-7(11)8(12)13-9(2,3)4/h6-7H,5,10-11H2,1-4H3/t6-,7+/m1/s1. The summed E-state index contributed by atoms with van der Waals surface area (Å²) < 4.78 is 5.08. The van der Waals surface area contributed by atoms with E-state index in [2.05, 4.69) is 0 Å². The van der Waals surface area contributed by atoms with Crippen LogP contribution >= 0.6 is 0 Å². The number of hydrogen-bond donors (Lipinski definition) is 2. The van der Waals surface area contributed by atoms with Crippen LogP contribution in [0.2, 0.25) is 0 Å². The molecule has 0 saturated heterocycles. The van der Waals surface area contributed by atoms with Crippen molar-refractivity contribution in [2.75, 3.05) is 0 Å². The van der Waals surface area contributed by atoms with Crippen LogP contribution in [0.1, 0.15) is 34.1 Å². The second-order valence-corrected chi connectivity index (χ2v) is 4.35. The van der Waals surface area contributed by atoms with Gasteiger partial charge in [-0.3, -0.25) is 4.79 Å². The summed E-state index contributed by atoms with van der Waals surface area (Å²) >= 11 is 0. The lowest BCUT2D eigenvalue weighted by Gasteiger charge is -2.22. The predicted octanol–water partition coefficient (Wildman–Crippen LogP) is 0.393. The molecule has 78 valence electrons. The molecule has 0 fully saturated rings. The molecule has 0 saturated carbocycles. The molecule has 4 nitrogen and oxygen atoms in total. The fourth-order valence-corrected chi connectivity index (χ4v) is 0.874. The molecule has 0 aliphatic heterocycles. The third-order valence-corrected chi connectivity index (χ3v) is 1.34. The van der Waals surface area contributed by atoms with Crippen molar-refractivity contribution in [3.05, 3.63) is 0 Å². The summed E-state index contributed by atoms with van der Waals surface area (Å²) in [5, 5.41) is 0. The van der Waals surface area contributed by atoms with E-state index in [0.29, 0.717) is 6.42 Å². The molecule has 0 radical (unpaired) electrons. The maximum atomic E-state index is 11.3. The van der Waals surface area contributed by atoms with Crippen molar-refractivity contribution in [2.45, 2.75) is 51.8 Å². The van der Waals surface area contributed by atoms with Gasteiger partial charge in [-0.25, -0.2) is 0 Å². The lowest BCUT2D eigenvalue weighted by atomic mass is 10.1. The maximum Gasteiger partial charge on any atom is 0.323 e. The summed E-state index contributed by atoms with van der Waals surface area (Å²) in [6.07, 6.45) is 0.453. The lowest BCUT2D eigenvalue weighted by molar-refractivity contribution is -0.156. The average molecular weight is 188 g/mol. The third-order valence-electron chi connectivity index (χ3n) is 1.34. The highest BCUT2D eigenvalue weighted by atomic mass is 16.6. The number of nitrogens with two attached hydrogens (primary N) is 2. The Labute approximate surface area is 79.6 Å². The molecule has 0 aliphatic carbocycles. The maximum absolute atomic E-state index is 11.3. The Kier molecular flexibility index (Phi) is 4.36. The van der Waals surface area contributed by atoms with Crippen LogP contribution in [0.5, 0.6) is 0 Å². The zero-order valence-corrected chi connectivity index (χ0v) is 8.83. The molecule has 0 aromatic rings. The minimum absolute atomic E-state index is 0.0810. The van der Waals surface area contributed by atoms with Crippen LogP contribution < -0.4 is 11.5 Å². The van der Waals surface area contributed by atoms with Gasteiger partial charge in [-0.15, -0.1) is 0 Å². The first-order chi connectivity index (χ1) is 5.72. The Morgan fingerprint density at radius 2 is 1.85 bits per heavy atom. The summed E-state index contributed by atoms with van der Waals surface area (Å²) in [6, 6.07) is -0.693. The molecule has 0 aromatic heterocycles. The molecule has 13 heavy (non-hydrogen) atoms. The second kappa shape index (κ2) is 4.58. The van der Waals surface area contributed by atoms with Gasteiger partial charge in [-0.1, -0.05) is 0 Å². The van der Waals surface area contributed by atoms with Gasteiger partial charge in [0.2, 0.25) is 0 Å². The van der Waals surface area contributed by atoms with Gasteiger partial charge in [0.15, 0.2) is 0 Å². The Hall–Kier alpha value is -0.610. The van der Waals surface area contributed by atoms with Gasteiger partial charge in [0.05, 0.1) is 0 Å². The molecular weight excluding hydrogens is 168 g/mol. The first-order valence-corrected chi connectivity index (χ1v) is 4.46. The molecule has 0 aromatic carbocycles. The van der Waals surface area contributed by atoms with Crippen molar-refractivity contribution < 1.29 is 9.53 Å². The summed E-state index contributed by atoms with van der Waals surface area (Å²) in [4.78, 5) is 11.3. The molecule has 0 aliphatic rings. The van der Waals surface area contributed by atoms with Crippen molar-refractivity contribution >= 4 is 5.97 Å². The lowest BCUT2D eigenvalue weighted by Crippen LogP contribution is -2.40. The molecule has 0 amide bonds. The highest BCUT2D eigenvalue weighted by Gasteiger charge is 2.22. The Morgan fingerprint density at radius 3 is 2.15 bits per heavy atom. The minimum Gasteiger partial charge on any atom is -0.459 e. The van der Waals surface area contributed by atoms with E-state index < -0.39 is 11.6 Å². The third kappa shape index (κ3) is 6.54. The summed E-state index contributed by atoms with van der Waals surface area (Å²) in [6.45, 7) is 7.24. The van der Waals surface area contributed by atoms with Gasteiger partial charge in [-0.05, 0) is 34.1 Å². The molecule has 2 atom stereocenters. The zero-order chi connectivity index (χ0) is 10.6. The van der Waals surface area contributed by atoms with E-state index in [1.54, 1.807) is 0 Å². The Bertz CT molecular complexity index is 173. The van der Waals surface area contributed by atoms with Crippen LogP contribution in [-0.2, 0) is 9.53 Å². The summed E-state index contributed by atoms with van der Waals surface area (Å²) in [5.74, 6) is -0.384. The Morgan fingerprint density at radius 1 is 1.38 bits per heavy atom. The van der Waals surface area contributed by atoms with Crippen molar-refractivity contribution in [1.29, 1.82) is 0 Å². The smallest absolute Gasteiger partial charge is 0.323 e. The van der Waals surface area contributed by atoms with Crippen LogP contribution in [0.4, 0.5) is 0 Å². The van der Waals surface area contributed by atoms with Crippen molar-refractivity contribution in [2.24, 2.45) is 11.5 Å². The van der Waals surface area contributed by atoms with E-state index in [4.69, 9.17) is 16.2 Å². The quantitative estimate of drug-likeness (QED) is 0.628. The highest BCUT2D eigenvalue weighted by molar-refractivity contribution is 5.75. The van der Waals surface area contributed by atoms with E-state index >= 15 is 0 Å². The highest BCUT2D eigenvalue weighted by Crippen LogP contribution is 2.09. The van der Waals surface area contributed by atoms with E-state index in [0.717, 1.165) is 0 Å². The van der Waals surface area contributed by atoms with Crippen molar-refractivity contribution in [1.82, 2.24) is 0 Å². The molecule has 4 heteroatoms. The van der Waals surface area contributed by atoms with E-state index in [-0.39, 0.29) is 12.0 Å². The largest absolute Gasteiger partial charge is 0.459 e. The number of ether oxygens (including phenoxy) is 1. The molecule has 0 bridgehead atoms. The molecule has 0 unspecified atom stereocenters. The van der Waals surface area contributed by atoms with Crippen LogP contribution in [0.25, 0.3) is 0 Å². The van der Waals surface area contributed by atoms with E-state index in [1.807, 2.05) is 27.7 Å². The van der Waals surface area contributed by atoms with Crippen molar-refractivity contribution in [3.8, 4) is 0 Å². The van der Waals surface area contributed by atoms with Gasteiger partial charge in [0.25, 0.3) is 0 Å². The van der Waals surface area contributed by atoms with Gasteiger partial charge in [-0.2, -0.15) is 0 Å². The van der Waals surface area contributed by atoms with Gasteiger partial charge in [0.1, 0.15) is 11.6 Å². The van der Waals surface area contributed by atoms with E-state index in [9.17, 15) is 4.79 Å². The first kappa shape index (κ1) is 12.4. The molecule has 0 spiro atoms. The number of carbonyl (C=O) groups is 1. The molecule has 0 heterocycles. The number of hydrogen-bond acceptors (Lipinski definition) is 4. The van der Waals surface area contributed by atoms with Crippen LogP contribution in [-0.4, -0.2) is 23.7 Å². The summed E-state index contributed by atoms with van der Waals surface area (Å²) in [5.41, 5.74) is 10.6. The fourth-order valence-electron chi connectivity index (χ4n) is 0.874. The number of esters is 1. The Balaban J connectivity index is 3.97. The summed E-state index contributed by atoms with van der Waals surface area (Å²) in [7, 11) is 0. The van der Waals surface area contributed by atoms with Crippen LogP contribution in [0, 0.1) is 0 Å². The SMILES string of the molecule is C[C@@H](N)C[C@H](N)C(=O)OC(C)(C)C. The van der Waals surface area contributed by atoms with E-state index in [1.165, 1.54) is 0 Å². The normalized spacial score (nSPS) is 16.5. The monoisotopic (exact) mass is 188 g/mol. The van der Waals surface area contributed by atoms with Crippen molar-refractivity contribution in [3.63, 3.8) is 0 Å². The van der Waals surface area contributed by atoms with Gasteiger partial charge < -0.3 is 16.2 Å². The molecule has 0 rings (SSSR count). The molecular formula is C9H20N2O2. The molecule has 4 N–H and O–H groups in total.